The Balaban J connectivity index is 2.17. The van der Waals surface area contributed by atoms with Crippen molar-refractivity contribution in [3.8, 4) is 5.75 Å². The van der Waals surface area contributed by atoms with Crippen LogP contribution in [0, 0.1) is 5.82 Å². The van der Waals surface area contributed by atoms with Crippen molar-refractivity contribution in [2.45, 2.75) is 4.90 Å². The van der Waals surface area contributed by atoms with Gasteiger partial charge in [-0.25, -0.2) is 4.39 Å². The van der Waals surface area contributed by atoms with Crippen molar-refractivity contribution in [1.29, 1.82) is 0 Å². The zero-order chi connectivity index (χ0) is 15.4. The normalized spacial score (nSPS) is 12.0. The molecule has 2 aromatic carbocycles. The Morgan fingerprint density at radius 1 is 1.29 bits per heavy atom. The van der Waals surface area contributed by atoms with Gasteiger partial charge in [-0.3, -0.25) is 9.00 Å². The van der Waals surface area contributed by atoms with Gasteiger partial charge in [0, 0.05) is 5.56 Å². The molecule has 0 aliphatic rings. The van der Waals surface area contributed by atoms with Gasteiger partial charge in [0.1, 0.15) is 0 Å². The number of hydrogen-bond acceptors (Lipinski definition) is 3. The largest absolute Gasteiger partial charge is 0.494 e. The summed E-state index contributed by atoms with van der Waals surface area (Å²) in [5.41, 5.74) is 0.147. The molecule has 0 aliphatic carbocycles. The standard InChI is InChI=1S/C15H12ClFO3S/c1-20-14-7-6-10(8-12(14)17)13(18)9-21(19)15-5-3-2-4-11(15)16/h2-8H,9H2,1H3. The van der Waals surface area contributed by atoms with Crippen LogP contribution in [0.3, 0.4) is 0 Å². The van der Waals surface area contributed by atoms with Gasteiger partial charge in [-0.1, -0.05) is 23.7 Å². The summed E-state index contributed by atoms with van der Waals surface area (Å²) < 4.78 is 30.5. The van der Waals surface area contributed by atoms with Crippen LogP contribution in [0.15, 0.2) is 47.4 Å². The number of carbonyl (C=O) groups excluding carboxylic acids is 1. The average Bonchev–Trinajstić information content (AvgIpc) is 2.47. The maximum Gasteiger partial charge on any atom is 0.175 e. The van der Waals surface area contributed by atoms with Crippen LogP contribution in [0.1, 0.15) is 10.4 Å². The van der Waals surface area contributed by atoms with Gasteiger partial charge in [0.15, 0.2) is 17.3 Å². The summed E-state index contributed by atoms with van der Waals surface area (Å²) in [6, 6.07) is 10.5. The molecular weight excluding hydrogens is 315 g/mol. The van der Waals surface area contributed by atoms with Crippen LogP contribution in [-0.4, -0.2) is 22.9 Å². The quantitative estimate of drug-likeness (QED) is 0.790. The summed E-state index contributed by atoms with van der Waals surface area (Å²) in [5.74, 6) is -1.25. The molecule has 2 aromatic rings. The molecule has 0 aliphatic heterocycles. The van der Waals surface area contributed by atoms with Gasteiger partial charge in [0.2, 0.25) is 0 Å². The Morgan fingerprint density at radius 2 is 2.00 bits per heavy atom. The fourth-order valence-electron chi connectivity index (χ4n) is 1.75. The number of halogens is 2. The van der Waals surface area contributed by atoms with E-state index in [4.69, 9.17) is 16.3 Å². The third-order valence-corrected chi connectivity index (χ3v) is 4.63. The molecule has 0 N–H and O–H groups in total. The highest BCUT2D eigenvalue weighted by Crippen LogP contribution is 2.21. The highest BCUT2D eigenvalue weighted by atomic mass is 35.5. The lowest BCUT2D eigenvalue weighted by atomic mass is 10.1. The van der Waals surface area contributed by atoms with E-state index < -0.39 is 22.4 Å². The second-order valence-corrected chi connectivity index (χ2v) is 6.02. The number of rotatable bonds is 5. The minimum Gasteiger partial charge on any atom is -0.494 e. The van der Waals surface area contributed by atoms with E-state index in [0.717, 1.165) is 6.07 Å². The number of hydrogen-bond donors (Lipinski definition) is 0. The van der Waals surface area contributed by atoms with Crippen LogP contribution in [0.25, 0.3) is 0 Å². The molecule has 0 bridgehead atoms. The van der Waals surface area contributed by atoms with E-state index in [1.54, 1.807) is 24.3 Å². The molecular formula is C15H12ClFO3S. The molecule has 0 amide bonds. The molecule has 3 nitrogen and oxygen atoms in total. The first-order valence-corrected chi connectivity index (χ1v) is 7.72. The van der Waals surface area contributed by atoms with E-state index in [9.17, 15) is 13.4 Å². The Labute approximate surface area is 129 Å². The Hall–Kier alpha value is -1.72. The van der Waals surface area contributed by atoms with Gasteiger partial charge in [-0.15, -0.1) is 0 Å². The summed E-state index contributed by atoms with van der Waals surface area (Å²) in [4.78, 5) is 12.4. The first kappa shape index (κ1) is 15.7. The first-order chi connectivity index (χ1) is 10.0. The van der Waals surface area contributed by atoms with E-state index in [-0.39, 0.29) is 17.1 Å². The number of benzene rings is 2. The monoisotopic (exact) mass is 326 g/mol. The third kappa shape index (κ3) is 3.68. The lowest BCUT2D eigenvalue weighted by Crippen LogP contribution is -2.11. The van der Waals surface area contributed by atoms with Crippen LogP contribution in [0.5, 0.6) is 5.75 Å². The molecule has 1 unspecified atom stereocenters. The van der Waals surface area contributed by atoms with Crippen LogP contribution in [0.2, 0.25) is 5.02 Å². The molecule has 0 saturated heterocycles. The predicted molar refractivity (Wildman–Crippen MR) is 80.0 cm³/mol. The maximum atomic E-state index is 13.6. The van der Waals surface area contributed by atoms with Crippen molar-refractivity contribution >= 4 is 28.2 Å². The highest BCUT2D eigenvalue weighted by molar-refractivity contribution is 7.86. The van der Waals surface area contributed by atoms with Gasteiger partial charge in [-0.2, -0.15) is 0 Å². The maximum absolute atomic E-state index is 13.6. The van der Waals surface area contributed by atoms with Crippen LogP contribution >= 0.6 is 11.6 Å². The van der Waals surface area contributed by atoms with E-state index >= 15 is 0 Å². The molecule has 2 rings (SSSR count). The van der Waals surface area contributed by atoms with Gasteiger partial charge in [0.25, 0.3) is 0 Å². The molecule has 110 valence electrons. The number of ether oxygens (including phenoxy) is 1. The Bertz CT molecular complexity index is 703. The van der Waals surface area contributed by atoms with Crippen LogP contribution in [0.4, 0.5) is 4.39 Å². The van der Waals surface area contributed by atoms with Crippen molar-refractivity contribution in [1.82, 2.24) is 0 Å². The molecule has 0 aromatic heterocycles. The second kappa shape index (κ2) is 6.83. The molecule has 21 heavy (non-hydrogen) atoms. The van der Waals surface area contributed by atoms with Gasteiger partial charge in [0.05, 0.1) is 33.6 Å². The van der Waals surface area contributed by atoms with Crippen LogP contribution < -0.4 is 4.74 Å². The van der Waals surface area contributed by atoms with E-state index in [1.165, 1.54) is 19.2 Å². The Kier molecular flexibility index (Phi) is 5.09. The summed E-state index contributed by atoms with van der Waals surface area (Å²) in [7, 11) is -0.235. The fourth-order valence-corrected chi connectivity index (χ4v) is 3.22. The fraction of sp³-hybridized carbons (Fsp3) is 0.133. The second-order valence-electron chi connectivity index (χ2n) is 4.19. The van der Waals surface area contributed by atoms with E-state index in [0.29, 0.717) is 9.92 Å². The van der Waals surface area contributed by atoms with Crippen molar-refractivity contribution in [3.63, 3.8) is 0 Å². The van der Waals surface area contributed by atoms with Crippen molar-refractivity contribution < 1.29 is 18.1 Å². The lowest BCUT2D eigenvalue weighted by molar-refractivity contribution is 0.102. The minimum absolute atomic E-state index is 0.0544. The van der Waals surface area contributed by atoms with E-state index in [2.05, 4.69) is 0 Å². The zero-order valence-corrected chi connectivity index (χ0v) is 12.7. The molecule has 0 fully saturated rings. The molecule has 6 heteroatoms. The predicted octanol–water partition coefficient (Wildman–Crippen LogP) is 3.48. The summed E-state index contributed by atoms with van der Waals surface area (Å²) in [6.45, 7) is 0. The van der Waals surface area contributed by atoms with Gasteiger partial charge >= 0.3 is 0 Å². The molecule has 1 atom stereocenters. The number of Topliss-reactive ketones (excluding diaryl/α,β-unsaturated/α-hetero) is 1. The molecule has 0 heterocycles. The van der Waals surface area contributed by atoms with Gasteiger partial charge < -0.3 is 4.74 Å². The van der Waals surface area contributed by atoms with Crippen molar-refractivity contribution in [2.75, 3.05) is 12.9 Å². The SMILES string of the molecule is COc1ccc(C(=O)CS(=O)c2ccccc2Cl)cc1F. The minimum atomic E-state index is -1.57. The number of carbonyl (C=O) groups is 1. The number of ketones is 1. The van der Waals surface area contributed by atoms with Crippen molar-refractivity contribution in [3.05, 3.63) is 58.9 Å². The smallest absolute Gasteiger partial charge is 0.175 e. The lowest BCUT2D eigenvalue weighted by Gasteiger charge is -2.06. The summed E-state index contributed by atoms with van der Waals surface area (Å²) in [5, 5.41) is 0.338. The highest BCUT2D eigenvalue weighted by Gasteiger charge is 2.16. The van der Waals surface area contributed by atoms with Crippen LogP contribution in [-0.2, 0) is 10.8 Å². The van der Waals surface area contributed by atoms with E-state index in [1.807, 2.05) is 0 Å². The molecule has 0 radical (unpaired) electrons. The first-order valence-electron chi connectivity index (χ1n) is 6.02. The Morgan fingerprint density at radius 3 is 2.62 bits per heavy atom. The molecule has 0 spiro atoms. The zero-order valence-electron chi connectivity index (χ0n) is 11.1. The summed E-state index contributed by atoms with van der Waals surface area (Å²) in [6.07, 6.45) is 0. The third-order valence-electron chi connectivity index (χ3n) is 2.82. The van der Waals surface area contributed by atoms with Crippen molar-refractivity contribution in [2.24, 2.45) is 0 Å². The van der Waals surface area contributed by atoms with Gasteiger partial charge in [-0.05, 0) is 30.3 Å². The molecule has 0 saturated carbocycles. The topological polar surface area (TPSA) is 43.4 Å². The summed E-state index contributed by atoms with van der Waals surface area (Å²) >= 11 is 5.93. The number of methoxy groups -OCH3 is 1. The average molecular weight is 327 g/mol.